The number of rotatable bonds is 12. The highest BCUT2D eigenvalue weighted by Crippen LogP contribution is 2.24. The van der Waals surface area contributed by atoms with Crippen molar-refractivity contribution in [2.75, 3.05) is 19.8 Å². The zero-order valence-electron chi connectivity index (χ0n) is 12.1. The van der Waals surface area contributed by atoms with Crippen molar-refractivity contribution in [1.29, 1.82) is 0 Å². The normalized spacial score (nSPS) is 12.0. The lowest BCUT2D eigenvalue weighted by molar-refractivity contribution is -0.383. The van der Waals surface area contributed by atoms with E-state index in [1.165, 1.54) is 0 Å². The molecule has 0 aliphatic carbocycles. The maximum Gasteiger partial charge on any atom is 0.282 e. The first-order chi connectivity index (χ1) is 8.24. The van der Waals surface area contributed by atoms with Crippen LogP contribution < -0.4 is 0 Å². The van der Waals surface area contributed by atoms with E-state index in [4.69, 9.17) is 14.2 Å². The van der Waals surface area contributed by atoms with Gasteiger partial charge in [-0.25, -0.2) is 0 Å². The molecule has 0 saturated heterocycles. The summed E-state index contributed by atoms with van der Waals surface area (Å²) in [5.41, 5.74) is 0. The van der Waals surface area contributed by atoms with Crippen molar-refractivity contribution in [3.63, 3.8) is 0 Å². The number of unbranched alkanes of at least 4 members (excludes halogenated alkanes) is 1. The summed E-state index contributed by atoms with van der Waals surface area (Å²) in [6.45, 7) is 10.5. The summed E-state index contributed by atoms with van der Waals surface area (Å²) in [6.07, 6.45) is 5.97. The summed E-state index contributed by atoms with van der Waals surface area (Å²) in [7, 11) is 0. The first-order valence-corrected chi connectivity index (χ1v) is 7.16. The summed E-state index contributed by atoms with van der Waals surface area (Å²) in [5, 5.41) is 0. The molecule has 0 unspecified atom stereocenters. The Morgan fingerprint density at radius 3 is 1.35 bits per heavy atom. The van der Waals surface area contributed by atoms with Gasteiger partial charge in [-0.2, -0.15) is 0 Å². The molecule has 0 rings (SSSR count). The fourth-order valence-corrected chi connectivity index (χ4v) is 1.51. The lowest BCUT2D eigenvalue weighted by Gasteiger charge is -2.33. The zero-order valence-corrected chi connectivity index (χ0v) is 12.1. The highest BCUT2D eigenvalue weighted by Gasteiger charge is 2.32. The van der Waals surface area contributed by atoms with E-state index in [0.717, 1.165) is 38.5 Å². The van der Waals surface area contributed by atoms with Gasteiger partial charge in [-0.15, -0.1) is 0 Å². The maximum absolute atomic E-state index is 5.84. The second-order valence-corrected chi connectivity index (χ2v) is 4.33. The van der Waals surface area contributed by atoms with E-state index in [2.05, 4.69) is 27.7 Å². The molecule has 3 heteroatoms. The number of hydrogen-bond acceptors (Lipinski definition) is 3. The highest BCUT2D eigenvalue weighted by molar-refractivity contribution is 4.59. The van der Waals surface area contributed by atoms with Gasteiger partial charge in [-0.05, 0) is 25.7 Å². The molecule has 0 atom stereocenters. The van der Waals surface area contributed by atoms with Crippen LogP contribution in [0.3, 0.4) is 0 Å². The molecule has 0 saturated carbocycles. The van der Waals surface area contributed by atoms with E-state index in [9.17, 15) is 0 Å². The van der Waals surface area contributed by atoms with Gasteiger partial charge in [-0.1, -0.05) is 34.1 Å². The Morgan fingerprint density at radius 1 is 0.647 bits per heavy atom. The minimum absolute atomic E-state index is 0.692. The molecule has 0 heterocycles. The smallest absolute Gasteiger partial charge is 0.282 e. The first kappa shape index (κ1) is 16.9. The highest BCUT2D eigenvalue weighted by atomic mass is 16.9. The second kappa shape index (κ2) is 11.0. The lowest BCUT2D eigenvalue weighted by atomic mass is 10.2. The Bertz CT molecular complexity index is 122. The quantitative estimate of drug-likeness (QED) is 0.485. The molecule has 0 aliphatic heterocycles. The van der Waals surface area contributed by atoms with Gasteiger partial charge < -0.3 is 14.2 Å². The van der Waals surface area contributed by atoms with E-state index in [1.54, 1.807) is 0 Å². The predicted octanol–water partition coefficient (Wildman–Crippen LogP) is 4.11. The summed E-state index contributed by atoms with van der Waals surface area (Å²) in [5.74, 6) is -0.794. The van der Waals surface area contributed by atoms with Crippen LogP contribution in [0.25, 0.3) is 0 Å². The van der Waals surface area contributed by atoms with Gasteiger partial charge in [0.2, 0.25) is 0 Å². The topological polar surface area (TPSA) is 27.7 Å². The number of ether oxygens (including phenoxy) is 3. The molecular weight excluding hydrogens is 216 g/mol. The Kier molecular flexibility index (Phi) is 10.9. The average molecular weight is 246 g/mol. The molecule has 104 valence electrons. The SMILES string of the molecule is CCCCC(OCCC)(OCCC)OCCC. The molecule has 0 aliphatic rings. The van der Waals surface area contributed by atoms with Crippen LogP contribution in [0, 0.1) is 0 Å². The summed E-state index contributed by atoms with van der Waals surface area (Å²) < 4.78 is 17.5. The third-order valence-corrected chi connectivity index (χ3v) is 2.41. The Morgan fingerprint density at radius 2 is 1.06 bits per heavy atom. The van der Waals surface area contributed by atoms with Crippen molar-refractivity contribution < 1.29 is 14.2 Å². The average Bonchev–Trinajstić information content (AvgIpc) is 2.37. The van der Waals surface area contributed by atoms with Crippen molar-refractivity contribution in [2.45, 2.75) is 72.2 Å². The van der Waals surface area contributed by atoms with Crippen molar-refractivity contribution in [1.82, 2.24) is 0 Å². The first-order valence-electron chi connectivity index (χ1n) is 7.16. The van der Waals surface area contributed by atoms with Crippen LogP contribution in [0.4, 0.5) is 0 Å². The Labute approximate surface area is 107 Å². The molecule has 0 bridgehead atoms. The molecular formula is C14H30O3. The van der Waals surface area contributed by atoms with Crippen LogP contribution >= 0.6 is 0 Å². The summed E-state index contributed by atoms with van der Waals surface area (Å²) in [6, 6.07) is 0. The van der Waals surface area contributed by atoms with E-state index in [0.29, 0.717) is 19.8 Å². The van der Waals surface area contributed by atoms with E-state index < -0.39 is 5.97 Å². The van der Waals surface area contributed by atoms with Crippen molar-refractivity contribution >= 4 is 0 Å². The fraction of sp³-hybridized carbons (Fsp3) is 1.00. The molecule has 0 spiro atoms. The van der Waals surface area contributed by atoms with E-state index >= 15 is 0 Å². The van der Waals surface area contributed by atoms with Crippen molar-refractivity contribution in [2.24, 2.45) is 0 Å². The van der Waals surface area contributed by atoms with Crippen LogP contribution in [0.1, 0.15) is 66.2 Å². The molecule has 17 heavy (non-hydrogen) atoms. The van der Waals surface area contributed by atoms with Crippen LogP contribution in [-0.2, 0) is 14.2 Å². The zero-order chi connectivity index (χ0) is 13.0. The third-order valence-electron chi connectivity index (χ3n) is 2.41. The van der Waals surface area contributed by atoms with E-state index in [-0.39, 0.29) is 0 Å². The van der Waals surface area contributed by atoms with Gasteiger partial charge in [0.25, 0.3) is 5.97 Å². The molecule has 0 fully saturated rings. The van der Waals surface area contributed by atoms with Gasteiger partial charge in [0, 0.05) is 6.42 Å². The standard InChI is InChI=1S/C14H30O3/c1-5-9-10-14(15-11-6-2,16-12-7-3)17-13-8-4/h5-13H2,1-4H3. The molecule has 0 N–H and O–H groups in total. The van der Waals surface area contributed by atoms with Gasteiger partial charge in [0.15, 0.2) is 0 Å². The molecule has 0 aromatic carbocycles. The van der Waals surface area contributed by atoms with Gasteiger partial charge in [-0.3, -0.25) is 0 Å². The molecule has 0 amide bonds. The van der Waals surface area contributed by atoms with Crippen LogP contribution in [0.2, 0.25) is 0 Å². The Balaban J connectivity index is 4.39. The monoisotopic (exact) mass is 246 g/mol. The number of hydrogen-bond donors (Lipinski definition) is 0. The molecule has 0 radical (unpaired) electrons. The summed E-state index contributed by atoms with van der Waals surface area (Å²) in [4.78, 5) is 0. The van der Waals surface area contributed by atoms with Crippen LogP contribution in [-0.4, -0.2) is 25.8 Å². The van der Waals surface area contributed by atoms with E-state index in [1.807, 2.05) is 0 Å². The van der Waals surface area contributed by atoms with Crippen LogP contribution in [0.5, 0.6) is 0 Å². The van der Waals surface area contributed by atoms with Gasteiger partial charge >= 0.3 is 0 Å². The minimum Gasteiger partial charge on any atom is -0.327 e. The molecule has 3 nitrogen and oxygen atoms in total. The second-order valence-electron chi connectivity index (χ2n) is 4.33. The van der Waals surface area contributed by atoms with Gasteiger partial charge in [0.1, 0.15) is 0 Å². The van der Waals surface area contributed by atoms with Crippen LogP contribution in [0.15, 0.2) is 0 Å². The molecule has 0 aromatic heterocycles. The van der Waals surface area contributed by atoms with Crippen molar-refractivity contribution in [3.8, 4) is 0 Å². The maximum atomic E-state index is 5.84. The fourth-order valence-electron chi connectivity index (χ4n) is 1.51. The minimum atomic E-state index is -0.794. The van der Waals surface area contributed by atoms with Crippen molar-refractivity contribution in [3.05, 3.63) is 0 Å². The third kappa shape index (κ3) is 7.74. The largest absolute Gasteiger partial charge is 0.327 e. The summed E-state index contributed by atoms with van der Waals surface area (Å²) >= 11 is 0. The Hall–Kier alpha value is -0.120. The molecule has 0 aromatic rings. The van der Waals surface area contributed by atoms with Gasteiger partial charge in [0.05, 0.1) is 19.8 Å². The predicted molar refractivity (Wildman–Crippen MR) is 71.0 cm³/mol. The lowest BCUT2D eigenvalue weighted by Crippen LogP contribution is -2.40.